The number of carboxylic acid groups (broad SMARTS) is 1. The Hall–Kier alpha value is -4.32. The van der Waals surface area contributed by atoms with Gasteiger partial charge in [-0.3, -0.25) is 4.79 Å². The van der Waals surface area contributed by atoms with Crippen LogP contribution in [-0.2, 0) is 29.0 Å². The molecule has 35 heavy (non-hydrogen) atoms. The van der Waals surface area contributed by atoms with Gasteiger partial charge >= 0.3 is 5.97 Å². The summed E-state index contributed by atoms with van der Waals surface area (Å²) in [7, 11) is 1.81. The number of amides is 1. The molecular formula is C29H28N2O4. The summed E-state index contributed by atoms with van der Waals surface area (Å²) in [6.07, 6.45) is 5.37. The second-order valence-electron chi connectivity index (χ2n) is 8.40. The average molecular weight is 469 g/mol. The Morgan fingerprint density at radius 3 is 2.34 bits per heavy atom. The van der Waals surface area contributed by atoms with Gasteiger partial charge in [-0.1, -0.05) is 60.7 Å². The molecule has 0 bridgehead atoms. The molecule has 178 valence electrons. The predicted molar refractivity (Wildman–Crippen MR) is 137 cm³/mol. The summed E-state index contributed by atoms with van der Waals surface area (Å²) >= 11 is 0. The topological polar surface area (TPSA) is 71.8 Å². The maximum absolute atomic E-state index is 13.0. The average Bonchev–Trinajstić information content (AvgIpc) is 3.22. The molecular weight excluding hydrogens is 440 g/mol. The Balaban J connectivity index is 1.54. The minimum atomic E-state index is -1.03. The monoisotopic (exact) mass is 468 g/mol. The lowest BCUT2D eigenvalue weighted by molar-refractivity contribution is -0.131. The molecule has 0 aliphatic heterocycles. The molecule has 4 rings (SSSR count). The summed E-state index contributed by atoms with van der Waals surface area (Å²) in [5.41, 5.74) is 3.87. The highest BCUT2D eigenvalue weighted by Gasteiger charge is 2.15. The zero-order chi connectivity index (χ0) is 24.6. The van der Waals surface area contributed by atoms with Crippen molar-refractivity contribution in [2.75, 3.05) is 13.6 Å². The van der Waals surface area contributed by atoms with Crippen LogP contribution in [0.25, 0.3) is 17.1 Å². The van der Waals surface area contributed by atoms with Crippen LogP contribution < -0.4 is 4.74 Å². The fourth-order valence-electron chi connectivity index (χ4n) is 3.91. The number of benzene rings is 3. The van der Waals surface area contributed by atoms with Crippen LogP contribution in [0.3, 0.4) is 0 Å². The third kappa shape index (κ3) is 6.38. The van der Waals surface area contributed by atoms with E-state index in [1.165, 1.54) is 11.8 Å². The molecule has 1 N–H and O–H groups in total. The molecule has 0 atom stereocenters. The Morgan fingerprint density at radius 1 is 0.971 bits per heavy atom. The first-order chi connectivity index (χ1) is 17.0. The Labute approximate surface area is 204 Å². The number of hydrogen-bond acceptors (Lipinski definition) is 3. The molecule has 0 saturated heterocycles. The number of fused-ring (bicyclic) bond motifs is 1. The number of carbonyl (C=O) groups excluding carboxylic acids is 1. The van der Waals surface area contributed by atoms with Crippen LogP contribution in [0.15, 0.2) is 91.1 Å². The van der Waals surface area contributed by atoms with Gasteiger partial charge in [0.2, 0.25) is 5.91 Å². The first kappa shape index (κ1) is 23.8. The van der Waals surface area contributed by atoms with Crippen molar-refractivity contribution in [3.8, 4) is 5.75 Å². The number of nitrogens with zero attached hydrogens (tertiary/aromatic N) is 2. The number of carboxylic acids is 1. The minimum absolute atomic E-state index is 0.00203. The first-order valence-electron chi connectivity index (χ1n) is 11.5. The molecule has 1 heterocycles. The van der Waals surface area contributed by atoms with Gasteiger partial charge in [-0.05, 0) is 41.3 Å². The smallest absolute Gasteiger partial charge is 0.329 e. The molecule has 0 aliphatic rings. The molecule has 4 aromatic rings. The predicted octanol–water partition coefficient (Wildman–Crippen LogP) is 5.02. The van der Waals surface area contributed by atoms with Crippen LogP contribution in [0.1, 0.15) is 16.7 Å². The maximum atomic E-state index is 13.0. The fraction of sp³-hybridized carbons (Fsp3) is 0.172. The molecule has 0 unspecified atom stereocenters. The normalized spacial score (nSPS) is 11.1. The van der Waals surface area contributed by atoms with Crippen LogP contribution >= 0.6 is 0 Å². The second-order valence-corrected chi connectivity index (χ2v) is 8.40. The van der Waals surface area contributed by atoms with E-state index in [1.807, 2.05) is 80.0 Å². The summed E-state index contributed by atoms with van der Waals surface area (Å²) in [5.74, 6) is -0.349. The molecule has 0 saturated carbocycles. The Bertz CT molecular complexity index is 1330. The van der Waals surface area contributed by atoms with Gasteiger partial charge in [0, 0.05) is 37.5 Å². The van der Waals surface area contributed by atoms with Crippen LogP contribution in [0.2, 0.25) is 0 Å². The molecule has 0 spiro atoms. The van der Waals surface area contributed by atoms with E-state index < -0.39 is 5.97 Å². The van der Waals surface area contributed by atoms with Crippen molar-refractivity contribution in [1.82, 2.24) is 9.47 Å². The number of rotatable bonds is 10. The van der Waals surface area contributed by atoms with Crippen molar-refractivity contribution in [3.05, 3.63) is 108 Å². The number of carbonyl (C=O) groups is 2. The van der Waals surface area contributed by atoms with Crippen LogP contribution in [0, 0.1) is 0 Å². The number of aromatic nitrogens is 1. The maximum Gasteiger partial charge on any atom is 0.329 e. The van der Waals surface area contributed by atoms with Gasteiger partial charge in [0.15, 0.2) is 0 Å². The quantitative estimate of drug-likeness (QED) is 0.332. The third-order valence-corrected chi connectivity index (χ3v) is 5.86. The molecule has 1 amide bonds. The molecule has 6 nitrogen and oxygen atoms in total. The van der Waals surface area contributed by atoms with E-state index in [-0.39, 0.29) is 12.3 Å². The van der Waals surface area contributed by atoms with E-state index >= 15 is 0 Å². The van der Waals surface area contributed by atoms with E-state index in [0.29, 0.717) is 18.9 Å². The first-order valence-corrected chi connectivity index (χ1v) is 11.5. The summed E-state index contributed by atoms with van der Waals surface area (Å²) < 4.78 is 7.72. The van der Waals surface area contributed by atoms with Crippen molar-refractivity contribution in [2.45, 2.75) is 19.4 Å². The molecule has 0 aliphatic carbocycles. The van der Waals surface area contributed by atoms with E-state index in [1.54, 1.807) is 9.47 Å². The third-order valence-electron chi connectivity index (χ3n) is 5.86. The van der Waals surface area contributed by atoms with Crippen molar-refractivity contribution in [2.24, 2.45) is 0 Å². The van der Waals surface area contributed by atoms with Crippen LogP contribution in [-0.4, -0.2) is 40.0 Å². The Kier molecular flexibility index (Phi) is 7.63. The summed E-state index contributed by atoms with van der Waals surface area (Å²) in [5, 5.41) is 9.92. The lowest BCUT2D eigenvalue weighted by Gasteiger charge is -2.17. The van der Waals surface area contributed by atoms with E-state index in [9.17, 15) is 9.59 Å². The standard InChI is InChI=1S/C29H28N2O4/c1-30(16-14-22-8-4-2-5-9-22)28(32)18-24-20-31(17-15-29(33)34)27-13-12-25(19-26(24)27)35-21-23-10-6-3-7-11-23/h2-13,15,17,19-20H,14,16,18,21H2,1H3,(H,33,34)/b17-15+. The summed E-state index contributed by atoms with van der Waals surface area (Å²) in [4.78, 5) is 25.8. The van der Waals surface area contributed by atoms with Gasteiger partial charge in [0.05, 0.1) is 11.9 Å². The fourth-order valence-corrected chi connectivity index (χ4v) is 3.91. The van der Waals surface area contributed by atoms with Crippen molar-refractivity contribution >= 4 is 29.0 Å². The summed E-state index contributed by atoms with van der Waals surface area (Å²) in [6, 6.07) is 25.6. The minimum Gasteiger partial charge on any atom is -0.489 e. The lowest BCUT2D eigenvalue weighted by Crippen LogP contribution is -2.30. The van der Waals surface area contributed by atoms with Crippen LogP contribution in [0.4, 0.5) is 0 Å². The van der Waals surface area contributed by atoms with Crippen molar-refractivity contribution in [1.29, 1.82) is 0 Å². The number of hydrogen-bond donors (Lipinski definition) is 1. The zero-order valence-corrected chi connectivity index (χ0v) is 19.6. The van der Waals surface area contributed by atoms with Gasteiger partial charge in [-0.25, -0.2) is 4.79 Å². The SMILES string of the molecule is CN(CCc1ccccc1)C(=O)Cc1cn(/C=C/C(=O)O)c2ccc(OCc3ccccc3)cc12. The van der Waals surface area contributed by atoms with Gasteiger partial charge in [0.1, 0.15) is 12.4 Å². The molecule has 3 aromatic carbocycles. The summed E-state index contributed by atoms with van der Waals surface area (Å²) in [6.45, 7) is 1.05. The van der Waals surface area contributed by atoms with E-state index in [0.717, 1.165) is 34.5 Å². The molecule has 1 aromatic heterocycles. The highest BCUT2D eigenvalue weighted by atomic mass is 16.5. The van der Waals surface area contributed by atoms with Crippen LogP contribution in [0.5, 0.6) is 5.75 Å². The zero-order valence-electron chi connectivity index (χ0n) is 19.6. The molecule has 0 fully saturated rings. The number of likely N-dealkylation sites (N-methyl/N-ethyl adjacent to an activating group) is 1. The highest BCUT2D eigenvalue weighted by molar-refractivity contribution is 5.92. The van der Waals surface area contributed by atoms with E-state index in [2.05, 4.69) is 12.1 Å². The van der Waals surface area contributed by atoms with Gasteiger partial charge in [-0.15, -0.1) is 0 Å². The molecule has 0 radical (unpaired) electrons. The lowest BCUT2D eigenvalue weighted by atomic mass is 10.1. The van der Waals surface area contributed by atoms with Gasteiger partial charge in [0.25, 0.3) is 0 Å². The highest BCUT2D eigenvalue weighted by Crippen LogP contribution is 2.28. The van der Waals surface area contributed by atoms with Gasteiger partial charge in [-0.2, -0.15) is 0 Å². The Morgan fingerprint density at radius 2 is 1.66 bits per heavy atom. The molecule has 6 heteroatoms. The largest absolute Gasteiger partial charge is 0.489 e. The number of aliphatic carboxylic acids is 1. The van der Waals surface area contributed by atoms with E-state index in [4.69, 9.17) is 9.84 Å². The van der Waals surface area contributed by atoms with Crippen molar-refractivity contribution < 1.29 is 19.4 Å². The second kappa shape index (κ2) is 11.2. The van der Waals surface area contributed by atoms with Gasteiger partial charge < -0.3 is 19.3 Å². The number of ether oxygens (including phenoxy) is 1. The van der Waals surface area contributed by atoms with Crippen molar-refractivity contribution in [3.63, 3.8) is 0 Å².